The van der Waals surface area contributed by atoms with Crippen molar-refractivity contribution in [1.29, 1.82) is 0 Å². The van der Waals surface area contributed by atoms with Crippen LogP contribution < -0.4 is 10.6 Å². The van der Waals surface area contributed by atoms with E-state index in [-0.39, 0.29) is 29.2 Å². The molecule has 0 spiro atoms. The molecule has 6 nitrogen and oxygen atoms in total. The van der Waals surface area contributed by atoms with Crippen LogP contribution in [0.15, 0.2) is 22.8 Å². The van der Waals surface area contributed by atoms with Crippen LogP contribution in [0.1, 0.15) is 51.7 Å². The SMILES string of the molecule is CC(C)(C)NC(=O)CN1CCC(CNC(=O)[C@@H]2C[C@H]2c2ccco2)CC1. The highest BCUT2D eigenvalue weighted by Gasteiger charge is 2.45. The number of rotatable bonds is 6. The highest BCUT2D eigenvalue weighted by atomic mass is 16.3. The van der Waals surface area contributed by atoms with E-state index < -0.39 is 0 Å². The van der Waals surface area contributed by atoms with E-state index in [0.29, 0.717) is 12.5 Å². The number of hydrogen-bond donors (Lipinski definition) is 2. The summed E-state index contributed by atoms with van der Waals surface area (Å²) >= 11 is 0. The van der Waals surface area contributed by atoms with Crippen LogP contribution in [0.25, 0.3) is 0 Å². The van der Waals surface area contributed by atoms with Gasteiger partial charge in [-0.2, -0.15) is 0 Å². The number of furan rings is 1. The van der Waals surface area contributed by atoms with Crippen LogP contribution in [-0.4, -0.2) is 48.4 Å². The smallest absolute Gasteiger partial charge is 0.234 e. The Morgan fingerprint density at radius 2 is 2.00 bits per heavy atom. The van der Waals surface area contributed by atoms with Crippen molar-refractivity contribution in [1.82, 2.24) is 15.5 Å². The minimum Gasteiger partial charge on any atom is -0.469 e. The molecule has 0 radical (unpaired) electrons. The zero-order valence-electron chi connectivity index (χ0n) is 16.1. The van der Waals surface area contributed by atoms with E-state index in [1.54, 1.807) is 6.26 Å². The Hall–Kier alpha value is -1.82. The maximum Gasteiger partial charge on any atom is 0.234 e. The minimum absolute atomic E-state index is 0.0716. The molecule has 1 aromatic heterocycles. The highest BCUT2D eigenvalue weighted by molar-refractivity contribution is 5.82. The summed E-state index contributed by atoms with van der Waals surface area (Å²) in [7, 11) is 0. The topological polar surface area (TPSA) is 74.6 Å². The van der Waals surface area contributed by atoms with Gasteiger partial charge >= 0.3 is 0 Å². The van der Waals surface area contributed by atoms with Crippen molar-refractivity contribution in [3.63, 3.8) is 0 Å². The molecule has 0 bridgehead atoms. The van der Waals surface area contributed by atoms with Gasteiger partial charge in [0.2, 0.25) is 11.8 Å². The summed E-state index contributed by atoms with van der Waals surface area (Å²) in [5.41, 5.74) is -0.185. The van der Waals surface area contributed by atoms with Gasteiger partial charge in [-0.3, -0.25) is 14.5 Å². The number of nitrogens with zero attached hydrogens (tertiary/aromatic N) is 1. The molecule has 2 N–H and O–H groups in total. The van der Waals surface area contributed by atoms with Crippen molar-refractivity contribution in [3.05, 3.63) is 24.2 Å². The van der Waals surface area contributed by atoms with Crippen LogP contribution in [0.4, 0.5) is 0 Å². The fraction of sp³-hybridized carbons (Fsp3) is 0.700. The molecule has 6 heteroatoms. The minimum atomic E-state index is -0.185. The molecule has 2 heterocycles. The first-order valence-corrected chi connectivity index (χ1v) is 9.66. The maximum absolute atomic E-state index is 12.3. The molecule has 1 saturated heterocycles. The Morgan fingerprint density at radius 3 is 2.62 bits per heavy atom. The predicted molar refractivity (Wildman–Crippen MR) is 99.6 cm³/mol. The number of carbonyl (C=O) groups is 2. The highest BCUT2D eigenvalue weighted by Crippen LogP contribution is 2.47. The lowest BCUT2D eigenvalue weighted by Gasteiger charge is -2.32. The molecule has 2 aliphatic rings. The fourth-order valence-electron chi connectivity index (χ4n) is 3.69. The lowest BCUT2D eigenvalue weighted by atomic mass is 9.96. The van der Waals surface area contributed by atoms with Crippen molar-refractivity contribution >= 4 is 11.8 Å². The molecule has 2 fully saturated rings. The second-order valence-electron chi connectivity index (χ2n) is 8.73. The molecule has 2 amide bonds. The van der Waals surface area contributed by atoms with Crippen molar-refractivity contribution < 1.29 is 14.0 Å². The van der Waals surface area contributed by atoms with Gasteiger partial charge in [0.15, 0.2) is 0 Å². The molecular weight excluding hydrogens is 330 g/mol. The summed E-state index contributed by atoms with van der Waals surface area (Å²) in [6, 6.07) is 3.82. The van der Waals surface area contributed by atoms with E-state index in [0.717, 1.165) is 44.7 Å². The summed E-state index contributed by atoms with van der Waals surface area (Å²) in [4.78, 5) is 26.5. The van der Waals surface area contributed by atoms with Gasteiger partial charge in [-0.1, -0.05) is 0 Å². The van der Waals surface area contributed by atoms with Gasteiger partial charge in [-0.25, -0.2) is 0 Å². The van der Waals surface area contributed by atoms with Crippen molar-refractivity contribution in [3.8, 4) is 0 Å². The molecule has 3 rings (SSSR count). The van der Waals surface area contributed by atoms with Gasteiger partial charge in [0.25, 0.3) is 0 Å². The van der Waals surface area contributed by atoms with Crippen molar-refractivity contribution in [2.45, 2.75) is 51.5 Å². The monoisotopic (exact) mass is 361 g/mol. The van der Waals surface area contributed by atoms with Gasteiger partial charge in [-0.05, 0) is 71.2 Å². The third kappa shape index (κ3) is 5.34. The van der Waals surface area contributed by atoms with Gasteiger partial charge in [0, 0.05) is 23.9 Å². The molecule has 0 aromatic carbocycles. The average Bonchev–Trinajstić information content (AvgIpc) is 3.17. The van der Waals surface area contributed by atoms with E-state index in [4.69, 9.17) is 4.42 Å². The number of hydrogen-bond acceptors (Lipinski definition) is 4. The van der Waals surface area contributed by atoms with Gasteiger partial charge in [0.1, 0.15) is 5.76 Å². The summed E-state index contributed by atoms with van der Waals surface area (Å²) < 4.78 is 5.39. The molecule has 1 aliphatic heterocycles. The molecule has 1 saturated carbocycles. The summed E-state index contributed by atoms with van der Waals surface area (Å²) in [6.45, 7) is 9.01. The summed E-state index contributed by atoms with van der Waals surface area (Å²) in [6.07, 6.45) is 4.60. The zero-order valence-corrected chi connectivity index (χ0v) is 16.1. The first kappa shape index (κ1) is 19.0. The molecule has 2 atom stereocenters. The van der Waals surface area contributed by atoms with Crippen molar-refractivity contribution in [2.75, 3.05) is 26.2 Å². The normalized spacial score (nSPS) is 24.3. The third-order valence-corrected chi connectivity index (χ3v) is 5.19. The van der Waals surface area contributed by atoms with Crippen molar-refractivity contribution in [2.24, 2.45) is 11.8 Å². The van der Waals surface area contributed by atoms with Crippen LogP contribution in [0.5, 0.6) is 0 Å². The molecular formula is C20H31N3O3. The predicted octanol–water partition coefficient (Wildman–Crippen LogP) is 2.13. The lowest BCUT2D eigenvalue weighted by molar-refractivity contribution is -0.124. The number of amides is 2. The maximum atomic E-state index is 12.3. The summed E-state index contributed by atoms with van der Waals surface area (Å²) in [5.74, 6) is 1.99. The van der Waals surface area contributed by atoms with E-state index in [9.17, 15) is 9.59 Å². The van der Waals surface area contributed by atoms with Crippen LogP contribution in [0.2, 0.25) is 0 Å². The van der Waals surface area contributed by atoms with Crippen LogP contribution >= 0.6 is 0 Å². The second-order valence-corrected chi connectivity index (χ2v) is 8.73. The van der Waals surface area contributed by atoms with Gasteiger partial charge in [-0.15, -0.1) is 0 Å². The molecule has 26 heavy (non-hydrogen) atoms. The largest absolute Gasteiger partial charge is 0.469 e. The Bertz CT molecular complexity index is 613. The van der Waals surface area contributed by atoms with E-state index in [2.05, 4.69) is 15.5 Å². The van der Waals surface area contributed by atoms with Crippen LogP contribution in [0.3, 0.4) is 0 Å². The number of piperidine rings is 1. The van der Waals surface area contributed by atoms with E-state index in [1.165, 1.54) is 0 Å². The van der Waals surface area contributed by atoms with Crippen LogP contribution in [0, 0.1) is 11.8 Å². The number of nitrogens with one attached hydrogen (secondary N) is 2. The lowest BCUT2D eigenvalue weighted by Crippen LogP contribution is -2.48. The average molecular weight is 361 g/mol. The molecule has 1 aliphatic carbocycles. The van der Waals surface area contributed by atoms with Gasteiger partial charge < -0.3 is 15.1 Å². The molecule has 1 aromatic rings. The van der Waals surface area contributed by atoms with E-state index >= 15 is 0 Å². The molecule has 0 unspecified atom stereocenters. The second kappa shape index (κ2) is 7.82. The Labute approximate surface area is 155 Å². The molecule has 144 valence electrons. The quantitative estimate of drug-likeness (QED) is 0.814. The number of likely N-dealkylation sites (tertiary alicyclic amines) is 1. The fourth-order valence-corrected chi connectivity index (χ4v) is 3.69. The Morgan fingerprint density at radius 1 is 1.27 bits per heavy atom. The summed E-state index contributed by atoms with van der Waals surface area (Å²) in [5, 5.41) is 6.12. The number of carbonyl (C=O) groups excluding carboxylic acids is 2. The third-order valence-electron chi connectivity index (χ3n) is 5.19. The van der Waals surface area contributed by atoms with Gasteiger partial charge in [0.05, 0.1) is 12.8 Å². The zero-order chi connectivity index (χ0) is 18.7. The van der Waals surface area contributed by atoms with Crippen LogP contribution in [-0.2, 0) is 9.59 Å². The Kier molecular flexibility index (Phi) is 5.70. The first-order chi connectivity index (χ1) is 12.3. The first-order valence-electron chi connectivity index (χ1n) is 9.66. The Balaban J connectivity index is 1.32. The van der Waals surface area contributed by atoms with E-state index in [1.807, 2.05) is 32.9 Å². The standard InChI is InChI=1S/C20H31N3O3/c1-20(2,3)22-18(24)13-23-8-6-14(7-9-23)12-21-19(25)16-11-15(16)17-5-4-10-26-17/h4-5,10,14-16H,6-9,11-13H2,1-3H3,(H,21,25)(H,22,24)/t15-,16-/m1/s1.